The second kappa shape index (κ2) is 3.87. The number of urea groups is 1. The molecule has 2 amide bonds. The Morgan fingerprint density at radius 3 is 2.94 bits per heavy atom. The van der Waals surface area contributed by atoms with Crippen molar-refractivity contribution in [3.8, 4) is 0 Å². The van der Waals surface area contributed by atoms with E-state index in [0.717, 1.165) is 25.4 Å². The zero-order chi connectivity index (χ0) is 12.0. The SMILES string of the molecule is CC(C)N1C(=O)NCC12CC1CCCNC1C2. The number of rotatable bonds is 1. The summed E-state index contributed by atoms with van der Waals surface area (Å²) in [6.07, 6.45) is 4.94. The van der Waals surface area contributed by atoms with Gasteiger partial charge in [0.2, 0.25) is 0 Å². The highest BCUT2D eigenvalue weighted by atomic mass is 16.2. The standard InChI is InChI=1S/C13H23N3O/c1-9(2)16-12(17)15-8-13(16)6-10-4-3-5-14-11(10)7-13/h9-11,14H,3-8H2,1-2H3,(H,15,17). The second-order valence-electron chi connectivity index (χ2n) is 6.22. The third-order valence-corrected chi connectivity index (χ3v) is 4.78. The van der Waals surface area contributed by atoms with E-state index in [9.17, 15) is 4.79 Å². The molecule has 2 saturated heterocycles. The Morgan fingerprint density at radius 1 is 1.41 bits per heavy atom. The average molecular weight is 237 g/mol. The van der Waals surface area contributed by atoms with Gasteiger partial charge in [0.15, 0.2) is 0 Å². The Labute approximate surface area is 103 Å². The summed E-state index contributed by atoms with van der Waals surface area (Å²) >= 11 is 0. The number of carbonyl (C=O) groups excluding carboxylic acids is 1. The van der Waals surface area contributed by atoms with Gasteiger partial charge in [0.1, 0.15) is 0 Å². The number of carbonyl (C=O) groups is 1. The number of hydrogen-bond donors (Lipinski definition) is 2. The van der Waals surface area contributed by atoms with Gasteiger partial charge in [-0.2, -0.15) is 0 Å². The first kappa shape index (κ1) is 11.3. The van der Waals surface area contributed by atoms with Crippen LogP contribution in [0.25, 0.3) is 0 Å². The summed E-state index contributed by atoms with van der Waals surface area (Å²) in [5, 5.41) is 6.69. The minimum atomic E-state index is 0.0952. The number of amides is 2. The zero-order valence-electron chi connectivity index (χ0n) is 10.8. The summed E-state index contributed by atoms with van der Waals surface area (Å²) in [5.41, 5.74) is 0.0952. The maximum atomic E-state index is 12.0. The van der Waals surface area contributed by atoms with Crippen molar-refractivity contribution in [2.45, 2.75) is 57.2 Å². The van der Waals surface area contributed by atoms with Crippen LogP contribution in [0.15, 0.2) is 0 Å². The van der Waals surface area contributed by atoms with Gasteiger partial charge in [0, 0.05) is 18.6 Å². The van der Waals surface area contributed by atoms with Crippen molar-refractivity contribution in [2.24, 2.45) is 5.92 Å². The molecule has 1 aliphatic carbocycles. The Bertz CT molecular complexity index is 315. The van der Waals surface area contributed by atoms with Crippen LogP contribution in [0.5, 0.6) is 0 Å². The van der Waals surface area contributed by atoms with E-state index in [1.54, 1.807) is 0 Å². The third-order valence-electron chi connectivity index (χ3n) is 4.78. The van der Waals surface area contributed by atoms with Crippen molar-refractivity contribution < 1.29 is 4.79 Å². The van der Waals surface area contributed by atoms with Crippen molar-refractivity contribution in [1.82, 2.24) is 15.5 Å². The molecule has 0 aromatic heterocycles. The first-order valence-electron chi connectivity index (χ1n) is 6.93. The Morgan fingerprint density at radius 2 is 2.24 bits per heavy atom. The molecule has 2 aliphatic heterocycles. The molecule has 3 unspecified atom stereocenters. The quantitative estimate of drug-likeness (QED) is 0.722. The van der Waals surface area contributed by atoms with Crippen LogP contribution in [0.4, 0.5) is 4.79 Å². The highest BCUT2D eigenvalue weighted by Crippen LogP contribution is 2.45. The minimum Gasteiger partial charge on any atom is -0.336 e. The summed E-state index contributed by atoms with van der Waals surface area (Å²) in [6, 6.07) is 1.08. The molecular formula is C13H23N3O. The van der Waals surface area contributed by atoms with Gasteiger partial charge in [-0.05, 0) is 52.0 Å². The van der Waals surface area contributed by atoms with E-state index in [2.05, 4.69) is 29.4 Å². The highest BCUT2D eigenvalue weighted by molar-refractivity contribution is 5.78. The second-order valence-corrected chi connectivity index (χ2v) is 6.22. The Balaban J connectivity index is 1.84. The summed E-state index contributed by atoms with van der Waals surface area (Å²) in [5.74, 6) is 0.776. The third kappa shape index (κ3) is 1.65. The van der Waals surface area contributed by atoms with Crippen LogP contribution in [0, 0.1) is 5.92 Å². The fourth-order valence-electron chi connectivity index (χ4n) is 4.23. The molecule has 0 aromatic carbocycles. The topological polar surface area (TPSA) is 44.4 Å². The fraction of sp³-hybridized carbons (Fsp3) is 0.923. The molecule has 3 atom stereocenters. The normalized spacial score (nSPS) is 41.1. The van der Waals surface area contributed by atoms with Crippen LogP contribution in [0.1, 0.15) is 39.5 Å². The molecule has 96 valence electrons. The molecule has 1 spiro atoms. The molecule has 0 radical (unpaired) electrons. The van der Waals surface area contributed by atoms with E-state index in [1.165, 1.54) is 19.3 Å². The van der Waals surface area contributed by atoms with Gasteiger partial charge in [0.05, 0.1) is 5.54 Å². The maximum absolute atomic E-state index is 12.0. The van der Waals surface area contributed by atoms with Gasteiger partial charge >= 0.3 is 6.03 Å². The van der Waals surface area contributed by atoms with E-state index < -0.39 is 0 Å². The van der Waals surface area contributed by atoms with Gasteiger partial charge in [-0.25, -0.2) is 4.79 Å². The number of piperidine rings is 1. The monoisotopic (exact) mass is 237 g/mol. The van der Waals surface area contributed by atoms with Crippen molar-refractivity contribution in [3.63, 3.8) is 0 Å². The van der Waals surface area contributed by atoms with Crippen LogP contribution in [-0.2, 0) is 0 Å². The van der Waals surface area contributed by atoms with Gasteiger partial charge in [-0.1, -0.05) is 0 Å². The molecule has 1 saturated carbocycles. The minimum absolute atomic E-state index is 0.0952. The van der Waals surface area contributed by atoms with Crippen molar-refractivity contribution in [2.75, 3.05) is 13.1 Å². The van der Waals surface area contributed by atoms with E-state index >= 15 is 0 Å². The van der Waals surface area contributed by atoms with Crippen LogP contribution in [0.2, 0.25) is 0 Å². The van der Waals surface area contributed by atoms with E-state index in [4.69, 9.17) is 0 Å². The van der Waals surface area contributed by atoms with Crippen molar-refractivity contribution in [3.05, 3.63) is 0 Å². The molecule has 3 fully saturated rings. The molecule has 2 heterocycles. The lowest BCUT2D eigenvalue weighted by atomic mass is 9.91. The van der Waals surface area contributed by atoms with Crippen molar-refractivity contribution >= 4 is 6.03 Å². The van der Waals surface area contributed by atoms with E-state index in [-0.39, 0.29) is 11.6 Å². The molecule has 2 N–H and O–H groups in total. The smallest absolute Gasteiger partial charge is 0.318 e. The highest BCUT2D eigenvalue weighted by Gasteiger charge is 2.54. The molecule has 17 heavy (non-hydrogen) atoms. The summed E-state index contributed by atoms with van der Waals surface area (Å²) < 4.78 is 0. The van der Waals surface area contributed by atoms with Crippen LogP contribution in [0.3, 0.4) is 0 Å². The molecular weight excluding hydrogens is 214 g/mol. The number of hydrogen-bond acceptors (Lipinski definition) is 2. The van der Waals surface area contributed by atoms with Gasteiger partial charge in [-0.3, -0.25) is 0 Å². The first-order valence-corrected chi connectivity index (χ1v) is 6.93. The number of fused-ring (bicyclic) bond motifs is 1. The average Bonchev–Trinajstić information content (AvgIpc) is 2.79. The van der Waals surface area contributed by atoms with Gasteiger partial charge in [0.25, 0.3) is 0 Å². The van der Waals surface area contributed by atoms with Crippen LogP contribution in [-0.4, -0.2) is 41.6 Å². The molecule has 0 bridgehead atoms. The van der Waals surface area contributed by atoms with Gasteiger partial charge < -0.3 is 15.5 Å². The Hall–Kier alpha value is -0.770. The molecule has 4 nitrogen and oxygen atoms in total. The lowest BCUT2D eigenvalue weighted by molar-refractivity contribution is 0.129. The predicted octanol–water partition coefficient (Wildman–Crippen LogP) is 1.32. The van der Waals surface area contributed by atoms with Crippen LogP contribution >= 0.6 is 0 Å². The lowest BCUT2D eigenvalue weighted by Crippen LogP contribution is -2.49. The molecule has 4 heteroatoms. The summed E-state index contributed by atoms with van der Waals surface area (Å²) in [4.78, 5) is 14.1. The van der Waals surface area contributed by atoms with Crippen LogP contribution < -0.4 is 10.6 Å². The van der Waals surface area contributed by atoms with Gasteiger partial charge in [-0.15, -0.1) is 0 Å². The number of nitrogens with one attached hydrogen (secondary N) is 2. The van der Waals surface area contributed by atoms with E-state index in [1.807, 2.05) is 0 Å². The van der Waals surface area contributed by atoms with E-state index in [0.29, 0.717) is 12.1 Å². The largest absolute Gasteiger partial charge is 0.336 e. The predicted molar refractivity (Wildman–Crippen MR) is 66.9 cm³/mol. The summed E-state index contributed by atoms with van der Waals surface area (Å²) in [7, 11) is 0. The Kier molecular flexibility index (Phi) is 2.58. The lowest BCUT2D eigenvalue weighted by Gasteiger charge is -2.36. The zero-order valence-corrected chi connectivity index (χ0v) is 10.8. The summed E-state index contributed by atoms with van der Waals surface area (Å²) in [6.45, 7) is 6.25. The van der Waals surface area contributed by atoms with Crippen molar-refractivity contribution in [1.29, 1.82) is 0 Å². The first-order chi connectivity index (χ1) is 8.12. The molecule has 0 aromatic rings. The molecule has 3 rings (SSSR count). The molecule has 3 aliphatic rings. The number of nitrogens with zero attached hydrogens (tertiary/aromatic N) is 1. The maximum Gasteiger partial charge on any atom is 0.318 e. The fourth-order valence-corrected chi connectivity index (χ4v) is 4.23.